The van der Waals surface area contributed by atoms with Crippen molar-refractivity contribution in [2.75, 3.05) is 26.2 Å². The Hall–Kier alpha value is -1.96. The zero-order valence-corrected chi connectivity index (χ0v) is 15.6. The molecule has 0 bridgehead atoms. The minimum atomic E-state index is -0.278. The van der Waals surface area contributed by atoms with E-state index >= 15 is 0 Å². The second-order valence-corrected chi connectivity index (χ2v) is 8.06. The second kappa shape index (κ2) is 7.58. The van der Waals surface area contributed by atoms with E-state index in [0.29, 0.717) is 25.3 Å². The third-order valence-electron chi connectivity index (χ3n) is 6.07. The number of nitrogens with one attached hydrogen (secondary N) is 1. The van der Waals surface area contributed by atoms with E-state index < -0.39 is 0 Å². The minimum absolute atomic E-state index is 0.111. The molecular weight excluding hydrogens is 344 g/mol. The number of rotatable bonds is 6. The van der Waals surface area contributed by atoms with Crippen LogP contribution in [0.2, 0.25) is 0 Å². The molecule has 1 saturated heterocycles. The monoisotopic (exact) mass is 372 g/mol. The molecule has 2 fully saturated rings. The third kappa shape index (κ3) is 3.72. The van der Waals surface area contributed by atoms with Crippen molar-refractivity contribution in [3.63, 3.8) is 0 Å². The van der Waals surface area contributed by atoms with Crippen LogP contribution in [0.1, 0.15) is 48.4 Å². The fourth-order valence-electron chi connectivity index (χ4n) is 4.40. The van der Waals surface area contributed by atoms with Crippen molar-refractivity contribution >= 4 is 11.4 Å². The molecule has 2 aromatic rings. The van der Waals surface area contributed by atoms with Crippen LogP contribution in [0.5, 0.6) is 0 Å². The molecule has 4 rings (SSSR count). The molecule has 1 saturated carbocycles. The Morgan fingerprint density at radius 2 is 2.15 bits per heavy atom. The maximum absolute atomic E-state index is 12.9. The van der Waals surface area contributed by atoms with Crippen molar-refractivity contribution in [3.05, 3.63) is 35.9 Å². The summed E-state index contributed by atoms with van der Waals surface area (Å²) in [5, 5.41) is 22.5. The topological polar surface area (TPSA) is 90.1 Å². The highest BCUT2D eigenvalue weighted by Crippen LogP contribution is 2.37. The summed E-state index contributed by atoms with van der Waals surface area (Å²) in [4.78, 5) is 19.7. The average Bonchev–Trinajstić information content (AvgIpc) is 3.40. The summed E-state index contributed by atoms with van der Waals surface area (Å²) >= 11 is 0. The first-order valence-corrected chi connectivity index (χ1v) is 9.86. The van der Waals surface area contributed by atoms with E-state index in [-0.39, 0.29) is 24.0 Å². The SMILES string of the molecule is O=C(NCC1(CO)CCCC1)c1nc(CN2CCC(O)C2)n2ccccc12. The van der Waals surface area contributed by atoms with E-state index in [9.17, 15) is 15.0 Å². The number of likely N-dealkylation sites (tertiary alicyclic amines) is 1. The molecule has 0 radical (unpaired) electrons. The fraction of sp³-hybridized carbons (Fsp3) is 0.600. The van der Waals surface area contributed by atoms with Crippen LogP contribution in [-0.4, -0.2) is 62.7 Å². The molecule has 7 heteroatoms. The van der Waals surface area contributed by atoms with Gasteiger partial charge in [0.15, 0.2) is 5.69 Å². The van der Waals surface area contributed by atoms with Gasteiger partial charge in [-0.2, -0.15) is 0 Å². The first-order chi connectivity index (χ1) is 13.1. The van der Waals surface area contributed by atoms with Gasteiger partial charge in [-0.3, -0.25) is 9.69 Å². The van der Waals surface area contributed by atoms with Gasteiger partial charge in [0.1, 0.15) is 5.82 Å². The first kappa shape index (κ1) is 18.4. The molecule has 1 amide bonds. The number of carbonyl (C=O) groups excluding carboxylic acids is 1. The first-order valence-electron chi connectivity index (χ1n) is 9.86. The van der Waals surface area contributed by atoms with Crippen molar-refractivity contribution in [2.24, 2.45) is 5.41 Å². The maximum atomic E-state index is 12.9. The number of fused-ring (bicyclic) bond motifs is 1. The Balaban J connectivity index is 1.53. The van der Waals surface area contributed by atoms with Crippen LogP contribution in [0.15, 0.2) is 24.4 Å². The summed E-state index contributed by atoms with van der Waals surface area (Å²) in [6.07, 6.45) is 6.55. The predicted molar refractivity (Wildman–Crippen MR) is 101 cm³/mol. The number of β-amino-alcohol motifs (C(OH)–C–C–N with tert-alkyl or cyclic N) is 1. The number of pyridine rings is 1. The van der Waals surface area contributed by atoms with Gasteiger partial charge in [0.05, 0.1) is 24.8 Å². The van der Waals surface area contributed by atoms with Crippen LogP contribution in [0.3, 0.4) is 0 Å². The molecule has 3 N–H and O–H groups in total. The van der Waals surface area contributed by atoms with Crippen molar-refractivity contribution in [1.82, 2.24) is 19.6 Å². The number of aliphatic hydroxyl groups excluding tert-OH is 2. The zero-order valence-electron chi connectivity index (χ0n) is 15.6. The van der Waals surface area contributed by atoms with E-state index in [1.54, 1.807) is 0 Å². The molecule has 2 aliphatic rings. The van der Waals surface area contributed by atoms with E-state index in [4.69, 9.17) is 0 Å². The predicted octanol–water partition coefficient (Wildman–Crippen LogP) is 1.18. The lowest BCUT2D eigenvalue weighted by molar-refractivity contribution is 0.0877. The number of amides is 1. The van der Waals surface area contributed by atoms with Gasteiger partial charge in [-0.15, -0.1) is 0 Å². The highest BCUT2D eigenvalue weighted by Gasteiger charge is 2.34. The molecule has 3 heterocycles. The summed E-state index contributed by atoms with van der Waals surface area (Å²) < 4.78 is 1.96. The summed E-state index contributed by atoms with van der Waals surface area (Å²) in [6.45, 7) is 2.68. The van der Waals surface area contributed by atoms with Gasteiger partial charge in [-0.1, -0.05) is 18.9 Å². The van der Waals surface area contributed by atoms with Crippen LogP contribution in [0.25, 0.3) is 5.52 Å². The summed E-state index contributed by atoms with van der Waals surface area (Å²) in [5.74, 6) is 0.619. The Morgan fingerprint density at radius 1 is 1.33 bits per heavy atom. The standard InChI is InChI=1S/C20H28N4O3/c25-14-20(7-2-3-8-20)13-21-19(27)18-16-5-1-4-9-24(16)17(22-18)12-23-10-6-15(26)11-23/h1,4-5,9,15,25-26H,2-3,6-8,10-14H2,(H,21,27). The molecule has 1 aliphatic carbocycles. The smallest absolute Gasteiger partial charge is 0.272 e. The van der Waals surface area contributed by atoms with E-state index in [1.165, 1.54) is 0 Å². The van der Waals surface area contributed by atoms with Gasteiger partial charge in [0.25, 0.3) is 5.91 Å². The summed E-state index contributed by atoms with van der Waals surface area (Å²) in [7, 11) is 0. The van der Waals surface area contributed by atoms with Gasteiger partial charge < -0.3 is 19.9 Å². The van der Waals surface area contributed by atoms with Crippen LogP contribution >= 0.6 is 0 Å². The van der Waals surface area contributed by atoms with Crippen molar-refractivity contribution in [1.29, 1.82) is 0 Å². The van der Waals surface area contributed by atoms with Crippen LogP contribution in [0, 0.1) is 5.41 Å². The largest absolute Gasteiger partial charge is 0.396 e. The molecule has 7 nitrogen and oxygen atoms in total. The van der Waals surface area contributed by atoms with Crippen LogP contribution in [0.4, 0.5) is 0 Å². The number of imidazole rings is 1. The van der Waals surface area contributed by atoms with Gasteiger partial charge >= 0.3 is 0 Å². The van der Waals surface area contributed by atoms with Gasteiger partial charge in [0.2, 0.25) is 0 Å². The Labute approximate surface area is 159 Å². The zero-order chi connectivity index (χ0) is 18.9. The number of carbonyl (C=O) groups is 1. The van der Waals surface area contributed by atoms with Gasteiger partial charge in [0, 0.05) is 31.2 Å². The van der Waals surface area contributed by atoms with Gasteiger partial charge in [-0.25, -0.2) is 4.98 Å². The van der Waals surface area contributed by atoms with Crippen molar-refractivity contribution in [2.45, 2.75) is 44.8 Å². The minimum Gasteiger partial charge on any atom is -0.396 e. The molecule has 0 aromatic carbocycles. The Kier molecular flexibility index (Phi) is 5.16. The van der Waals surface area contributed by atoms with Crippen LogP contribution < -0.4 is 5.32 Å². The lowest BCUT2D eigenvalue weighted by Gasteiger charge is -2.26. The van der Waals surface area contributed by atoms with Crippen molar-refractivity contribution in [3.8, 4) is 0 Å². The molecule has 1 aliphatic heterocycles. The highest BCUT2D eigenvalue weighted by atomic mass is 16.3. The normalized spacial score (nSPS) is 22.5. The Bertz CT molecular complexity index is 813. The molecule has 1 atom stereocenters. The molecule has 0 spiro atoms. The number of hydrogen-bond acceptors (Lipinski definition) is 5. The summed E-state index contributed by atoms with van der Waals surface area (Å²) in [5.41, 5.74) is 1.03. The van der Waals surface area contributed by atoms with E-state index in [1.807, 2.05) is 28.8 Å². The number of aromatic nitrogens is 2. The molecule has 1 unspecified atom stereocenters. The molecule has 2 aromatic heterocycles. The van der Waals surface area contributed by atoms with E-state index in [2.05, 4.69) is 15.2 Å². The average molecular weight is 372 g/mol. The Morgan fingerprint density at radius 3 is 2.85 bits per heavy atom. The number of nitrogens with zero attached hydrogens (tertiary/aromatic N) is 3. The molecule has 146 valence electrons. The molecular formula is C20H28N4O3. The summed E-state index contributed by atoms with van der Waals surface area (Å²) in [6, 6.07) is 5.74. The van der Waals surface area contributed by atoms with E-state index in [0.717, 1.165) is 50.0 Å². The van der Waals surface area contributed by atoms with Crippen molar-refractivity contribution < 1.29 is 15.0 Å². The fourth-order valence-corrected chi connectivity index (χ4v) is 4.40. The number of hydrogen-bond donors (Lipinski definition) is 3. The number of aliphatic hydroxyl groups is 2. The lowest BCUT2D eigenvalue weighted by Crippen LogP contribution is -2.38. The quantitative estimate of drug-likeness (QED) is 0.709. The molecule has 27 heavy (non-hydrogen) atoms. The van der Waals surface area contributed by atoms with Gasteiger partial charge in [-0.05, 0) is 31.4 Å². The third-order valence-corrected chi connectivity index (χ3v) is 6.07. The van der Waals surface area contributed by atoms with Crippen LogP contribution in [-0.2, 0) is 6.54 Å². The maximum Gasteiger partial charge on any atom is 0.272 e. The highest BCUT2D eigenvalue weighted by molar-refractivity contribution is 5.99. The second-order valence-electron chi connectivity index (χ2n) is 8.06. The lowest BCUT2D eigenvalue weighted by atomic mass is 9.87.